The molecular weight excluding hydrogens is 220 g/mol. The van der Waals surface area contributed by atoms with Gasteiger partial charge in [0.1, 0.15) is 0 Å². The zero-order valence-corrected chi connectivity index (χ0v) is 13.7. The molecule has 1 heteroatoms. The van der Waals surface area contributed by atoms with Crippen LogP contribution in [0.5, 0.6) is 0 Å². The molecule has 0 radical (unpaired) electrons. The quantitative estimate of drug-likeness (QED) is 0.447. The molecule has 0 spiro atoms. The number of ether oxygens (including phenoxy) is 1. The Labute approximate surface area is 116 Å². The molecule has 0 amide bonds. The van der Waals surface area contributed by atoms with Crippen LogP contribution >= 0.6 is 0 Å². The van der Waals surface area contributed by atoms with Crippen LogP contribution in [-0.4, -0.2) is 13.2 Å². The summed E-state index contributed by atoms with van der Waals surface area (Å²) in [6, 6.07) is 0. The van der Waals surface area contributed by atoms with Crippen LogP contribution in [0.15, 0.2) is 0 Å². The fourth-order valence-corrected chi connectivity index (χ4v) is 2.34. The van der Waals surface area contributed by atoms with E-state index >= 15 is 0 Å². The summed E-state index contributed by atoms with van der Waals surface area (Å²) in [7, 11) is 1.87. The third-order valence-electron chi connectivity index (χ3n) is 3.59. The summed E-state index contributed by atoms with van der Waals surface area (Å²) in [5.74, 6) is 0.856. The lowest BCUT2D eigenvalue weighted by atomic mass is 9.89. The summed E-state index contributed by atoms with van der Waals surface area (Å²) in [6.07, 6.45) is 11.0. The van der Waals surface area contributed by atoms with E-state index in [1.165, 1.54) is 51.4 Å². The van der Waals surface area contributed by atoms with Crippen molar-refractivity contribution in [2.75, 3.05) is 7.11 Å². The van der Waals surface area contributed by atoms with E-state index in [0.717, 1.165) is 5.92 Å². The number of unbranched alkanes of at least 4 members (excludes halogenated alkanes) is 2. The molecule has 0 unspecified atom stereocenters. The van der Waals surface area contributed by atoms with Crippen LogP contribution < -0.4 is 0 Å². The fraction of sp³-hybridized carbons (Fsp3) is 1.00. The predicted octanol–water partition coefficient (Wildman–Crippen LogP) is 5.82. The zero-order chi connectivity index (χ0) is 14.0. The van der Waals surface area contributed by atoms with Gasteiger partial charge in [-0.1, -0.05) is 66.7 Å². The van der Waals surface area contributed by atoms with Crippen molar-refractivity contribution < 1.29 is 4.74 Å². The maximum Gasteiger partial charge on any atom is 0.0571 e. The normalized spacial score (nSPS) is 14.2. The maximum atomic E-state index is 5.59. The number of hydrogen-bond acceptors (Lipinski definition) is 1. The lowest BCUT2D eigenvalue weighted by Gasteiger charge is -2.20. The highest BCUT2D eigenvalue weighted by Crippen LogP contribution is 2.23. The summed E-state index contributed by atoms with van der Waals surface area (Å²) in [6.45, 7) is 11.6. The van der Waals surface area contributed by atoms with Crippen molar-refractivity contribution in [2.24, 2.45) is 11.3 Å². The fourth-order valence-electron chi connectivity index (χ4n) is 2.34. The van der Waals surface area contributed by atoms with Crippen LogP contribution in [0.2, 0.25) is 0 Å². The molecule has 0 aromatic carbocycles. The van der Waals surface area contributed by atoms with E-state index in [4.69, 9.17) is 4.74 Å². The number of rotatable bonds is 10. The third-order valence-corrected chi connectivity index (χ3v) is 3.59. The molecule has 0 saturated carbocycles. The third kappa shape index (κ3) is 12.4. The lowest BCUT2D eigenvalue weighted by Crippen LogP contribution is -2.12. The van der Waals surface area contributed by atoms with Gasteiger partial charge in [-0.15, -0.1) is 0 Å². The topological polar surface area (TPSA) is 9.23 Å². The molecule has 0 aliphatic heterocycles. The molecule has 0 saturated heterocycles. The second-order valence-electron chi connectivity index (χ2n) is 7.34. The molecule has 0 aromatic rings. The summed E-state index contributed by atoms with van der Waals surface area (Å²) < 4.78 is 5.59. The smallest absolute Gasteiger partial charge is 0.0571 e. The Morgan fingerprint density at radius 3 is 1.89 bits per heavy atom. The molecule has 0 aromatic heterocycles. The van der Waals surface area contributed by atoms with Crippen LogP contribution in [-0.2, 0) is 4.74 Å². The summed E-state index contributed by atoms with van der Waals surface area (Å²) in [5, 5.41) is 0. The molecule has 1 nitrogen and oxygen atoms in total. The SMILES string of the molecule is CO[C@@H](CCCCCC(C)C)CCCC(C)(C)C. The van der Waals surface area contributed by atoms with Crippen LogP contribution in [0.25, 0.3) is 0 Å². The molecule has 0 aliphatic rings. The summed E-state index contributed by atoms with van der Waals surface area (Å²) in [4.78, 5) is 0. The largest absolute Gasteiger partial charge is 0.381 e. The van der Waals surface area contributed by atoms with E-state index in [9.17, 15) is 0 Å². The first kappa shape index (κ1) is 18.0. The van der Waals surface area contributed by atoms with Gasteiger partial charge in [0.25, 0.3) is 0 Å². The standard InChI is InChI=1S/C17H36O/c1-15(2)11-8-7-9-12-16(18-6)13-10-14-17(3,4)5/h15-16H,7-14H2,1-6H3/t16-/m0/s1. The van der Waals surface area contributed by atoms with Gasteiger partial charge in [-0.25, -0.2) is 0 Å². The Morgan fingerprint density at radius 1 is 0.833 bits per heavy atom. The van der Waals surface area contributed by atoms with Crippen molar-refractivity contribution in [3.63, 3.8) is 0 Å². The number of hydrogen-bond donors (Lipinski definition) is 0. The molecule has 0 fully saturated rings. The van der Waals surface area contributed by atoms with Crippen LogP contribution in [0, 0.1) is 11.3 Å². The van der Waals surface area contributed by atoms with Gasteiger partial charge < -0.3 is 4.74 Å². The summed E-state index contributed by atoms with van der Waals surface area (Å²) >= 11 is 0. The lowest BCUT2D eigenvalue weighted by molar-refractivity contribution is 0.0808. The first-order valence-corrected chi connectivity index (χ1v) is 7.88. The van der Waals surface area contributed by atoms with E-state index in [1.807, 2.05) is 7.11 Å². The van der Waals surface area contributed by atoms with Crippen molar-refractivity contribution in [3.05, 3.63) is 0 Å². The van der Waals surface area contributed by atoms with Gasteiger partial charge in [0.15, 0.2) is 0 Å². The van der Waals surface area contributed by atoms with Gasteiger partial charge >= 0.3 is 0 Å². The maximum absolute atomic E-state index is 5.59. The Kier molecular flexibility index (Phi) is 9.81. The molecule has 110 valence electrons. The highest BCUT2D eigenvalue weighted by molar-refractivity contribution is 4.65. The first-order chi connectivity index (χ1) is 8.35. The molecule has 0 bridgehead atoms. The molecule has 0 aliphatic carbocycles. The highest BCUT2D eigenvalue weighted by atomic mass is 16.5. The van der Waals surface area contributed by atoms with Crippen LogP contribution in [0.4, 0.5) is 0 Å². The van der Waals surface area contributed by atoms with Gasteiger partial charge in [-0.05, 0) is 30.6 Å². The minimum Gasteiger partial charge on any atom is -0.381 e. The second kappa shape index (κ2) is 9.83. The zero-order valence-electron chi connectivity index (χ0n) is 13.7. The Hall–Kier alpha value is -0.0400. The average Bonchev–Trinajstić information content (AvgIpc) is 2.24. The van der Waals surface area contributed by atoms with E-state index in [0.29, 0.717) is 11.5 Å². The molecule has 18 heavy (non-hydrogen) atoms. The second-order valence-corrected chi connectivity index (χ2v) is 7.34. The highest BCUT2D eigenvalue weighted by Gasteiger charge is 2.12. The van der Waals surface area contributed by atoms with Gasteiger partial charge in [0.2, 0.25) is 0 Å². The van der Waals surface area contributed by atoms with Crippen molar-refractivity contribution in [2.45, 2.75) is 92.1 Å². The summed E-state index contributed by atoms with van der Waals surface area (Å²) in [5.41, 5.74) is 0.468. The van der Waals surface area contributed by atoms with Crippen molar-refractivity contribution in [1.82, 2.24) is 0 Å². The Morgan fingerprint density at radius 2 is 1.39 bits per heavy atom. The van der Waals surface area contributed by atoms with Crippen LogP contribution in [0.3, 0.4) is 0 Å². The molecular formula is C17H36O. The Balaban J connectivity index is 3.52. The molecule has 1 atom stereocenters. The van der Waals surface area contributed by atoms with E-state index < -0.39 is 0 Å². The van der Waals surface area contributed by atoms with Crippen LogP contribution in [0.1, 0.15) is 86.0 Å². The van der Waals surface area contributed by atoms with Gasteiger partial charge in [-0.3, -0.25) is 0 Å². The van der Waals surface area contributed by atoms with Crippen molar-refractivity contribution in [3.8, 4) is 0 Å². The average molecular weight is 256 g/mol. The van der Waals surface area contributed by atoms with Crippen molar-refractivity contribution >= 4 is 0 Å². The number of methoxy groups -OCH3 is 1. The molecule has 0 N–H and O–H groups in total. The minimum absolute atomic E-state index is 0.468. The van der Waals surface area contributed by atoms with Gasteiger partial charge in [-0.2, -0.15) is 0 Å². The molecule has 0 heterocycles. The molecule has 0 rings (SSSR count). The predicted molar refractivity (Wildman–Crippen MR) is 82.0 cm³/mol. The first-order valence-electron chi connectivity index (χ1n) is 7.88. The van der Waals surface area contributed by atoms with E-state index in [1.54, 1.807) is 0 Å². The van der Waals surface area contributed by atoms with Gasteiger partial charge in [0, 0.05) is 7.11 Å². The van der Waals surface area contributed by atoms with E-state index in [2.05, 4.69) is 34.6 Å². The van der Waals surface area contributed by atoms with Crippen molar-refractivity contribution in [1.29, 1.82) is 0 Å². The minimum atomic E-state index is 0.468. The van der Waals surface area contributed by atoms with Gasteiger partial charge in [0.05, 0.1) is 6.10 Å². The van der Waals surface area contributed by atoms with E-state index in [-0.39, 0.29) is 0 Å². The monoisotopic (exact) mass is 256 g/mol. The Bertz CT molecular complexity index is 179.